The number of benzene rings is 1. The van der Waals surface area contributed by atoms with Crippen LogP contribution in [0.4, 0.5) is 0 Å². The standard InChI is InChI=1S/C10H11ClOS/c1-7-3-4-8(5-9(7)11)10(12)6-13-2/h3-5H,6H2,1-2H3. The second kappa shape index (κ2) is 4.68. The number of thioether (sulfide) groups is 1. The second-order valence-electron chi connectivity index (χ2n) is 2.82. The highest BCUT2D eigenvalue weighted by molar-refractivity contribution is 7.99. The molecular weight excluding hydrogens is 204 g/mol. The minimum atomic E-state index is 0.134. The molecule has 0 saturated carbocycles. The van der Waals surface area contributed by atoms with Gasteiger partial charge in [0, 0.05) is 10.6 Å². The zero-order valence-corrected chi connectivity index (χ0v) is 9.21. The number of rotatable bonds is 3. The van der Waals surface area contributed by atoms with Gasteiger partial charge in [-0.05, 0) is 24.8 Å². The molecule has 1 nitrogen and oxygen atoms in total. The van der Waals surface area contributed by atoms with Crippen LogP contribution in [0.15, 0.2) is 18.2 Å². The lowest BCUT2D eigenvalue weighted by molar-refractivity contribution is 0.102. The number of ketones is 1. The van der Waals surface area contributed by atoms with E-state index in [1.807, 2.05) is 25.3 Å². The van der Waals surface area contributed by atoms with Gasteiger partial charge >= 0.3 is 0 Å². The molecule has 1 aromatic carbocycles. The topological polar surface area (TPSA) is 17.1 Å². The number of carbonyl (C=O) groups excluding carboxylic acids is 1. The molecule has 0 saturated heterocycles. The van der Waals surface area contributed by atoms with Crippen LogP contribution in [0.5, 0.6) is 0 Å². The minimum absolute atomic E-state index is 0.134. The van der Waals surface area contributed by atoms with Crippen LogP contribution in [-0.2, 0) is 0 Å². The maximum Gasteiger partial charge on any atom is 0.172 e. The molecule has 0 radical (unpaired) electrons. The zero-order valence-electron chi connectivity index (χ0n) is 7.63. The largest absolute Gasteiger partial charge is 0.293 e. The molecule has 3 heteroatoms. The van der Waals surface area contributed by atoms with Gasteiger partial charge in [0.1, 0.15) is 0 Å². The fourth-order valence-electron chi connectivity index (χ4n) is 0.981. The van der Waals surface area contributed by atoms with E-state index in [0.29, 0.717) is 16.3 Å². The molecule has 0 atom stereocenters. The van der Waals surface area contributed by atoms with Crippen LogP contribution >= 0.6 is 23.4 Å². The van der Waals surface area contributed by atoms with Crippen molar-refractivity contribution >= 4 is 29.1 Å². The van der Waals surface area contributed by atoms with Crippen LogP contribution in [0, 0.1) is 6.92 Å². The van der Waals surface area contributed by atoms with Gasteiger partial charge in [-0.2, -0.15) is 11.8 Å². The minimum Gasteiger partial charge on any atom is -0.293 e. The molecule has 70 valence electrons. The summed E-state index contributed by atoms with van der Waals surface area (Å²) in [6.07, 6.45) is 1.91. The van der Waals surface area contributed by atoms with E-state index in [0.717, 1.165) is 5.56 Å². The van der Waals surface area contributed by atoms with Gasteiger partial charge in [0.25, 0.3) is 0 Å². The quantitative estimate of drug-likeness (QED) is 0.719. The van der Waals surface area contributed by atoms with Gasteiger partial charge in [-0.3, -0.25) is 4.79 Å². The highest BCUT2D eigenvalue weighted by Gasteiger charge is 2.05. The Balaban J connectivity index is 2.90. The predicted molar refractivity (Wildman–Crippen MR) is 58.9 cm³/mol. The number of halogens is 1. The van der Waals surface area contributed by atoms with Gasteiger partial charge in [-0.15, -0.1) is 0 Å². The lowest BCUT2D eigenvalue weighted by Gasteiger charge is -2.01. The van der Waals surface area contributed by atoms with E-state index in [2.05, 4.69) is 0 Å². The van der Waals surface area contributed by atoms with E-state index in [4.69, 9.17) is 11.6 Å². The van der Waals surface area contributed by atoms with Gasteiger partial charge in [0.2, 0.25) is 0 Å². The van der Waals surface area contributed by atoms with Gasteiger partial charge in [-0.25, -0.2) is 0 Å². The van der Waals surface area contributed by atoms with Crippen molar-refractivity contribution in [2.45, 2.75) is 6.92 Å². The van der Waals surface area contributed by atoms with Crippen molar-refractivity contribution in [3.8, 4) is 0 Å². The Morgan fingerprint density at radius 1 is 1.54 bits per heavy atom. The van der Waals surface area contributed by atoms with E-state index < -0.39 is 0 Å². The van der Waals surface area contributed by atoms with Crippen LogP contribution < -0.4 is 0 Å². The molecule has 0 aliphatic heterocycles. The number of hydrogen-bond donors (Lipinski definition) is 0. The molecule has 0 N–H and O–H groups in total. The molecule has 0 unspecified atom stereocenters. The number of carbonyl (C=O) groups is 1. The maximum atomic E-state index is 11.4. The zero-order chi connectivity index (χ0) is 9.84. The van der Waals surface area contributed by atoms with Crippen molar-refractivity contribution in [3.63, 3.8) is 0 Å². The third-order valence-electron chi connectivity index (χ3n) is 1.77. The third kappa shape index (κ3) is 2.75. The Labute approximate surface area is 87.5 Å². The lowest BCUT2D eigenvalue weighted by atomic mass is 10.1. The summed E-state index contributed by atoms with van der Waals surface area (Å²) >= 11 is 7.42. The van der Waals surface area contributed by atoms with Crippen molar-refractivity contribution < 1.29 is 4.79 Å². The van der Waals surface area contributed by atoms with Crippen LogP contribution in [-0.4, -0.2) is 17.8 Å². The van der Waals surface area contributed by atoms with E-state index in [-0.39, 0.29) is 5.78 Å². The van der Waals surface area contributed by atoms with E-state index in [1.165, 1.54) is 11.8 Å². The average molecular weight is 215 g/mol. The monoisotopic (exact) mass is 214 g/mol. The number of Topliss-reactive ketones (excluding diaryl/α,β-unsaturated/α-hetero) is 1. The van der Waals surface area contributed by atoms with E-state index >= 15 is 0 Å². The fraction of sp³-hybridized carbons (Fsp3) is 0.300. The Hall–Kier alpha value is -0.470. The molecule has 1 aromatic rings. The summed E-state index contributed by atoms with van der Waals surface area (Å²) in [5, 5.41) is 0.659. The third-order valence-corrected chi connectivity index (χ3v) is 2.73. The van der Waals surface area contributed by atoms with E-state index in [1.54, 1.807) is 6.07 Å². The first-order chi connectivity index (χ1) is 6.15. The molecule has 1 rings (SSSR count). The van der Waals surface area contributed by atoms with Crippen LogP contribution in [0.3, 0.4) is 0 Å². The molecule has 0 aliphatic rings. The molecule has 0 amide bonds. The van der Waals surface area contributed by atoms with Gasteiger partial charge in [-0.1, -0.05) is 23.7 Å². The first-order valence-corrected chi connectivity index (χ1v) is 5.70. The normalized spacial score (nSPS) is 10.1. The summed E-state index contributed by atoms with van der Waals surface area (Å²) in [6, 6.07) is 5.42. The molecule has 0 bridgehead atoms. The number of hydrogen-bond acceptors (Lipinski definition) is 2. The summed E-state index contributed by atoms with van der Waals surface area (Å²) in [6.45, 7) is 1.92. The lowest BCUT2D eigenvalue weighted by Crippen LogP contribution is -2.01. The van der Waals surface area contributed by atoms with Gasteiger partial charge < -0.3 is 0 Å². The predicted octanol–water partition coefficient (Wildman–Crippen LogP) is 3.19. The molecule has 13 heavy (non-hydrogen) atoms. The second-order valence-corrected chi connectivity index (χ2v) is 4.09. The molecule has 0 heterocycles. The maximum absolute atomic E-state index is 11.4. The summed E-state index contributed by atoms with van der Waals surface area (Å²) in [4.78, 5) is 11.4. The summed E-state index contributed by atoms with van der Waals surface area (Å²) in [5.41, 5.74) is 1.70. The highest BCUT2D eigenvalue weighted by Crippen LogP contribution is 2.17. The molecule has 0 aromatic heterocycles. The van der Waals surface area contributed by atoms with Gasteiger partial charge in [0.15, 0.2) is 5.78 Å². The first-order valence-electron chi connectivity index (χ1n) is 3.93. The Bertz CT molecular complexity index is 323. The summed E-state index contributed by atoms with van der Waals surface area (Å²) in [7, 11) is 0. The van der Waals surface area contributed by atoms with Crippen molar-refractivity contribution in [1.82, 2.24) is 0 Å². The van der Waals surface area contributed by atoms with Gasteiger partial charge in [0.05, 0.1) is 5.75 Å². The Morgan fingerprint density at radius 2 is 2.23 bits per heavy atom. The van der Waals surface area contributed by atoms with Crippen molar-refractivity contribution in [2.75, 3.05) is 12.0 Å². The van der Waals surface area contributed by atoms with Crippen molar-refractivity contribution in [3.05, 3.63) is 34.3 Å². The van der Waals surface area contributed by atoms with Crippen molar-refractivity contribution in [2.24, 2.45) is 0 Å². The smallest absolute Gasteiger partial charge is 0.172 e. The van der Waals surface area contributed by atoms with Crippen molar-refractivity contribution in [1.29, 1.82) is 0 Å². The number of aryl methyl sites for hydroxylation is 1. The molecular formula is C10H11ClOS. The summed E-state index contributed by atoms with van der Waals surface area (Å²) in [5.74, 6) is 0.647. The average Bonchev–Trinajstić information content (AvgIpc) is 2.10. The summed E-state index contributed by atoms with van der Waals surface area (Å²) < 4.78 is 0. The Kier molecular flexibility index (Phi) is 3.82. The SMILES string of the molecule is CSCC(=O)c1ccc(C)c(Cl)c1. The fourth-order valence-corrected chi connectivity index (χ4v) is 1.59. The molecule has 0 fully saturated rings. The van der Waals surface area contributed by atoms with E-state index in [9.17, 15) is 4.79 Å². The van der Waals surface area contributed by atoms with Crippen LogP contribution in [0.25, 0.3) is 0 Å². The van der Waals surface area contributed by atoms with Crippen LogP contribution in [0.2, 0.25) is 5.02 Å². The molecule has 0 aliphatic carbocycles. The molecule has 0 spiro atoms. The van der Waals surface area contributed by atoms with Crippen LogP contribution in [0.1, 0.15) is 15.9 Å². The first kappa shape index (κ1) is 10.6. The Morgan fingerprint density at radius 3 is 2.77 bits per heavy atom. The highest BCUT2D eigenvalue weighted by atomic mass is 35.5.